The summed E-state index contributed by atoms with van der Waals surface area (Å²) in [5.74, 6) is 0.239. The number of rotatable bonds is 3. The van der Waals surface area contributed by atoms with Gasteiger partial charge in [-0.2, -0.15) is 0 Å². The number of nitro groups is 1. The summed E-state index contributed by atoms with van der Waals surface area (Å²) >= 11 is 9.08. The molecule has 0 amide bonds. The summed E-state index contributed by atoms with van der Waals surface area (Å²) < 4.78 is 11.5. The number of nitrogens with zero attached hydrogens (tertiary/aromatic N) is 1. The van der Waals surface area contributed by atoms with Crippen LogP contribution >= 0.6 is 27.5 Å². The van der Waals surface area contributed by atoms with E-state index in [4.69, 9.17) is 21.1 Å². The predicted molar refractivity (Wildman–Crippen MR) is 70.3 cm³/mol. The summed E-state index contributed by atoms with van der Waals surface area (Å²) in [7, 11) is 0. The van der Waals surface area contributed by atoms with Crippen LogP contribution in [0.1, 0.15) is 12.8 Å². The maximum absolute atomic E-state index is 11.0. The van der Waals surface area contributed by atoms with Gasteiger partial charge in [0.05, 0.1) is 23.2 Å². The molecular weight excluding hydrogens is 325 g/mol. The maximum Gasteiger partial charge on any atom is 0.312 e. The third kappa shape index (κ3) is 3.13. The third-order valence-corrected chi connectivity index (χ3v) is 3.86. The van der Waals surface area contributed by atoms with E-state index in [9.17, 15) is 10.1 Å². The Balaban J connectivity index is 2.24. The fourth-order valence-corrected chi connectivity index (χ4v) is 2.21. The molecule has 0 aromatic heterocycles. The average Bonchev–Trinajstić information content (AvgIpc) is 2.34. The van der Waals surface area contributed by atoms with E-state index in [1.54, 1.807) is 0 Å². The van der Waals surface area contributed by atoms with Gasteiger partial charge in [-0.1, -0.05) is 11.6 Å². The minimum Gasteiger partial charge on any atom is -0.483 e. The van der Waals surface area contributed by atoms with Crippen molar-refractivity contribution in [3.63, 3.8) is 0 Å². The van der Waals surface area contributed by atoms with Gasteiger partial charge in [-0.05, 0) is 15.9 Å². The molecule has 1 aliphatic heterocycles. The molecule has 0 saturated carbocycles. The van der Waals surface area contributed by atoms with E-state index in [0.717, 1.165) is 12.8 Å². The largest absolute Gasteiger partial charge is 0.483 e. The Morgan fingerprint density at radius 1 is 1.44 bits per heavy atom. The highest BCUT2D eigenvalue weighted by Crippen LogP contribution is 2.37. The van der Waals surface area contributed by atoms with Crippen LogP contribution in [0.2, 0.25) is 5.02 Å². The van der Waals surface area contributed by atoms with Gasteiger partial charge in [0.25, 0.3) is 0 Å². The van der Waals surface area contributed by atoms with Crippen LogP contribution in [0.25, 0.3) is 0 Å². The fraction of sp³-hybridized carbons (Fsp3) is 0.455. The molecule has 0 atom stereocenters. The van der Waals surface area contributed by atoms with Gasteiger partial charge in [0.15, 0.2) is 5.75 Å². The van der Waals surface area contributed by atoms with Gasteiger partial charge in [-0.25, -0.2) is 0 Å². The molecule has 0 spiro atoms. The molecule has 1 saturated heterocycles. The van der Waals surface area contributed by atoms with E-state index in [1.165, 1.54) is 12.1 Å². The molecule has 1 aromatic carbocycles. The lowest BCUT2D eigenvalue weighted by Gasteiger charge is -2.23. The first-order chi connectivity index (χ1) is 8.58. The summed E-state index contributed by atoms with van der Waals surface area (Å²) in [6.07, 6.45) is 1.42. The molecule has 1 fully saturated rings. The normalized spacial score (nSPS) is 16.6. The number of hydrogen-bond acceptors (Lipinski definition) is 4. The fourth-order valence-electron chi connectivity index (χ4n) is 1.73. The summed E-state index contributed by atoms with van der Waals surface area (Å²) in [5.41, 5.74) is -0.116. The summed E-state index contributed by atoms with van der Waals surface area (Å²) in [6, 6.07) is 2.83. The second-order valence-corrected chi connectivity index (χ2v) is 5.18. The molecule has 1 aliphatic rings. The van der Waals surface area contributed by atoms with Gasteiger partial charge in [0.1, 0.15) is 6.10 Å². The van der Waals surface area contributed by atoms with Gasteiger partial charge >= 0.3 is 5.69 Å². The van der Waals surface area contributed by atoms with Crippen LogP contribution < -0.4 is 4.74 Å². The molecule has 18 heavy (non-hydrogen) atoms. The zero-order chi connectivity index (χ0) is 13.1. The van der Waals surface area contributed by atoms with Crippen molar-refractivity contribution in [3.05, 3.63) is 31.7 Å². The standard InChI is InChI=1S/C11H11BrClNO4/c12-8-5-11(10(14(15)16)6-9(8)13)18-7-1-3-17-4-2-7/h5-7H,1-4H2. The predicted octanol–water partition coefficient (Wildman–Crippen LogP) is 3.57. The van der Waals surface area contributed by atoms with Crippen LogP contribution in [0, 0.1) is 10.1 Å². The summed E-state index contributed by atoms with van der Waals surface area (Å²) in [6.45, 7) is 1.24. The number of nitro benzene ring substituents is 1. The van der Waals surface area contributed by atoms with Crippen molar-refractivity contribution in [3.8, 4) is 5.75 Å². The minimum atomic E-state index is -0.493. The van der Waals surface area contributed by atoms with Crippen molar-refractivity contribution in [2.45, 2.75) is 18.9 Å². The average molecular weight is 337 g/mol. The monoisotopic (exact) mass is 335 g/mol. The lowest BCUT2D eigenvalue weighted by molar-refractivity contribution is -0.386. The van der Waals surface area contributed by atoms with E-state index in [1.807, 2.05) is 0 Å². The molecule has 7 heteroatoms. The van der Waals surface area contributed by atoms with Crippen LogP contribution in [-0.4, -0.2) is 24.2 Å². The lowest BCUT2D eigenvalue weighted by atomic mass is 10.1. The number of ether oxygens (including phenoxy) is 2. The maximum atomic E-state index is 11.0. The van der Waals surface area contributed by atoms with E-state index in [0.29, 0.717) is 22.7 Å². The van der Waals surface area contributed by atoms with E-state index >= 15 is 0 Å². The first-order valence-electron chi connectivity index (χ1n) is 5.46. The van der Waals surface area contributed by atoms with Gasteiger partial charge in [-0.15, -0.1) is 0 Å². The topological polar surface area (TPSA) is 61.6 Å². The molecule has 0 radical (unpaired) electrons. The molecule has 5 nitrogen and oxygen atoms in total. The third-order valence-electron chi connectivity index (χ3n) is 2.66. The Kier molecular flexibility index (Phi) is 4.42. The Labute approximate surface area is 117 Å². The molecule has 1 aromatic rings. The van der Waals surface area contributed by atoms with E-state index in [-0.39, 0.29) is 17.5 Å². The highest BCUT2D eigenvalue weighted by Gasteiger charge is 2.23. The van der Waals surface area contributed by atoms with E-state index in [2.05, 4.69) is 15.9 Å². The van der Waals surface area contributed by atoms with Crippen molar-refractivity contribution in [1.29, 1.82) is 0 Å². The van der Waals surface area contributed by atoms with Gasteiger partial charge in [0, 0.05) is 29.4 Å². The molecule has 1 heterocycles. The van der Waals surface area contributed by atoms with Crippen molar-refractivity contribution in [2.75, 3.05) is 13.2 Å². The minimum absolute atomic E-state index is 0.0504. The second kappa shape index (κ2) is 5.86. The smallest absolute Gasteiger partial charge is 0.312 e. The first-order valence-corrected chi connectivity index (χ1v) is 6.63. The lowest BCUT2D eigenvalue weighted by Crippen LogP contribution is -2.26. The number of benzene rings is 1. The molecule has 0 N–H and O–H groups in total. The van der Waals surface area contributed by atoms with Crippen LogP contribution in [0.3, 0.4) is 0 Å². The molecular formula is C11H11BrClNO4. The van der Waals surface area contributed by atoms with Crippen molar-refractivity contribution < 1.29 is 14.4 Å². The highest BCUT2D eigenvalue weighted by atomic mass is 79.9. The Morgan fingerprint density at radius 2 is 2.11 bits per heavy atom. The molecule has 0 unspecified atom stereocenters. The SMILES string of the molecule is O=[N+]([O-])c1cc(Cl)c(Br)cc1OC1CCOCC1. The zero-order valence-electron chi connectivity index (χ0n) is 9.40. The highest BCUT2D eigenvalue weighted by molar-refractivity contribution is 9.10. The zero-order valence-corrected chi connectivity index (χ0v) is 11.7. The van der Waals surface area contributed by atoms with Crippen LogP contribution in [0.5, 0.6) is 5.75 Å². The summed E-state index contributed by atoms with van der Waals surface area (Å²) in [4.78, 5) is 10.5. The molecule has 98 valence electrons. The Bertz CT molecular complexity index is 463. The second-order valence-electron chi connectivity index (χ2n) is 3.92. The Hall–Kier alpha value is -0.850. The first kappa shape index (κ1) is 13.6. The van der Waals surface area contributed by atoms with Crippen LogP contribution in [-0.2, 0) is 4.74 Å². The molecule has 2 rings (SSSR count). The Morgan fingerprint density at radius 3 is 2.72 bits per heavy atom. The number of hydrogen-bond donors (Lipinski definition) is 0. The van der Waals surface area contributed by atoms with Crippen LogP contribution in [0.15, 0.2) is 16.6 Å². The van der Waals surface area contributed by atoms with Crippen LogP contribution in [0.4, 0.5) is 5.69 Å². The quantitative estimate of drug-likeness (QED) is 0.625. The van der Waals surface area contributed by atoms with Crippen molar-refractivity contribution >= 4 is 33.2 Å². The van der Waals surface area contributed by atoms with Crippen molar-refractivity contribution in [2.24, 2.45) is 0 Å². The number of halogens is 2. The van der Waals surface area contributed by atoms with Gasteiger partial charge in [-0.3, -0.25) is 10.1 Å². The van der Waals surface area contributed by atoms with Crippen molar-refractivity contribution in [1.82, 2.24) is 0 Å². The molecule has 0 bridgehead atoms. The van der Waals surface area contributed by atoms with E-state index < -0.39 is 4.92 Å². The van der Waals surface area contributed by atoms with Gasteiger partial charge < -0.3 is 9.47 Å². The van der Waals surface area contributed by atoms with Gasteiger partial charge in [0.2, 0.25) is 0 Å². The summed E-state index contributed by atoms with van der Waals surface area (Å²) in [5, 5.41) is 11.2. The molecule has 0 aliphatic carbocycles.